The first kappa shape index (κ1) is 8.86. The average molecular weight is 169 g/mol. The summed E-state index contributed by atoms with van der Waals surface area (Å²) in [6, 6.07) is 0. The Labute approximate surface area is 70.3 Å². The van der Waals surface area contributed by atoms with Crippen molar-refractivity contribution in [3.8, 4) is 0 Å². The van der Waals surface area contributed by atoms with Gasteiger partial charge in [0.25, 0.3) is 0 Å². The van der Waals surface area contributed by atoms with Gasteiger partial charge in [0.2, 0.25) is 0 Å². The lowest BCUT2D eigenvalue weighted by molar-refractivity contribution is 0.111. The maximum absolute atomic E-state index is 10.2. The summed E-state index contributed by atoms with van der Waals surface area (Å²) in [5.74, 6) is 0. The van der Waals surface area contributed by atoms with Crippen LogP contribution >= 0.6 is 0 Å². The fraction of sp³-hybridized carbons (Fsp3) is 0.571. The Bertz CT molecular complexity index is 247. The Morgan fingerprint density at radius 2 is 2.58 bits per heavy atom. The van der Waals surface area contributed by atoms with Crippen LogP contribution in [-0.2, 0) is 11.3 Å². The first-order valence-corrected chi connectivity index (χ1v) is 3.80. The maximum Gasteiger partial charge on any atom is 0.171 e. The van der Waals surface area contributed by atoms with Gasteiger partial charge in [0.15, 0.2) is 6.29 Å². The van der Waals surface area contributed by atoms with Crippen LogP contribution in [0.1, 0.15) is 17.4 Å². The molecule has 0 fully saturated rings. The standard InChI is InChI=1S/C7H11N3O2/c1-2-12-4-3-10-5-7(6-11)8-9-10/h5-6H,2-4H2,1H3. The molecule has 12 heavy (non-hydrogen) atoms. The zero-order valence-electron chi connectivity index (χ0n) is 6.93. The molecule has 0 bridgehead atoms. The molecule has 5 nitrogen and oxygen atoms in total. The molecule has 0 radical (unpaired) electrons. The second kappa shape index (κ2) is 4.61. The minimum absolute atomic E-state index is 0.353. The summed E-state index contributed by atoms with van der Waals surface area (Å²) < 4.78 is 6.69. The Hall–Kier alpha value is -1.23. The molecule has 1 aromatic rings. The molecule has 1 heterocycles. The summed E-state index contributed by atoms with van der Waals surface area (Å²) in [6.07, 6.45) is 2.26. The van der Waals surface area contributed by atoms with E-state index >= 15 is 0 Å². The third kappa shape index (κ3) is 2.43. The number of aromatic nitrogens is 3. The molecule has 0 aromatic carbocycles. The molecule has 0 aliphatic rings. The fourth-order valence-electron chi connectivity index (χ4n) is 0.779. The lowest BCUT2D eigenvalue weighted by Crippen LogP contribution is -2.06. The van der Waals surface area contributed by atoms with Crippen molar-refractivity contribution in [2.45, 2.75) is 13.5 Å². The third-order valence-electron chi connectivity index (χ3n) is 1.35. The zero-order valence-corrected chi connectivity index (χ0v) is 6.93. The quantitative estimate of drug-likeness (QED) is 0.464. The molecule has 0 aliphatic carbocycles. The van der Waals surface area contributed by atoms with Gasteiger partial charge in [-0.3, -0.25) is 4.79 Å². The predicted molar refractivity (Wildman–Crippen MR) is 41.9 cm³/mol. The van der Waals surface area contributed by atoms with Gasteiger partial charge in [0.05, 0.1) is 19.3 Å². The van der Waals surface area contributed by atoms with E-state index in [4.69, 9.17) is 4.74 Å². The Kier molecular flexibility index (Phi) is 3.40. The maximum atomic E-state index is 10.2. The van der Waals surface area contributed by atoms with E-state index in [1.165, 1.54) is 0 Å². The second-order valence-electron chi connectivity index (χ2n) is 2.22. The first-order chi connectivity index (χ1) is 5.86. The van der Waals surface area contributed by atoms with Gasteiger partial charge in [-0.05, 0) is 6.92 Å². The van der Waals surface area contributed by atoms with Gasteiger partial charge >= 0.3 is 0 Å². The van der Waals surface area contributed by atoms with Crippen LogP contribution in [0.2, 0.25) is 0 Å². The van der Waals surface area contributed by atoms with Crippen molar-refractivity contribution in [3.05, 3.63) is 11.9 Å². The molecular formula is C7H11N3O2. The monoisotopic (exact) mass is 169 g/mol. The number of ether oxygens (including phenoxy) is 1. The van der Waals surface area contributed by atoms with Crippen LogP contribution in [-0.4, -0.2) is 34.5 Å². The van der Waals surface area contributed by atoms with E-state index in [2.05, 4.69) is 10.3 Å². The summed E-state index contributed by atoms with van der Waals surface area (Å²) >= 11 is 0. The Morgan fingerprint density at radius 3 is 3.17 bits per heavy atom. The van der Waals surface area contributed by atoms with Gasteiger partial charge < -0.3 is 4.74 Å². The molecule has 1 aromatic heterocycles. The van der Waals surface area contributed by atoms with E-state index in [-0.39, 0.29) is 0 Å². The number of carbonyl (C=O) groups is 1. The molecule has 0 amide bonds. The molecule has 1 rings (SSSR count). The SMILES string of the molecule is CCOCCn1cc(C=O)nn1. The van der Waals surface area contributed by atoms with Crippen molar-refractivity contribution < 1.29 is 9.53 Å². The lowest BCUT2D eigenvalue weighted by atomic mass is 10.5. The van der Waals surface area contributed by atoms with Gasteiger partial charge in [0, 0.05) is 6.61 Å². The summed E-state index contributed by atoms with van der Waals surface area (Å²) in [6.45, 7) is 3.85. The summed E-state index contributed by atoms with van der Waals surface area (Å²) in [5.41, 5.74) is 0.353. The van der Waals surface area contributed by atoms with Crippen molar-refractivity contribution in [3.63, 3.8) is 0 Å². The number of nitrogens with zero attached hydrogens (tertiary/aromatic N) is 3. The van der Waals surface area contributed by atoms with E-state index in [1.807, 2.05) is 6.92 Å². The van der Waals surface area contributed by atoms with Crippen LogP contribution in [0.3, 0.4) is 0 Å². The fourth-order valence-corrected chi connectivity index (χ4v) is 0.779. The molecule has 66 valence electrons. The molecule has 0 spiro atoms. The summed E-state index contributed by atoms with van der Waals surface area (Å²) in [4.78, 5) is 10.2. The van der Waals surface area contributed by atoms with Gasteiger partial charge in [-0.15, -0.1) is 5.10 Å². The first-order valence-electron chi connectivity index (χ1n) is 3.80. The molecule has 0 N–H and O–H groups in total. The highest BCUT2D eigenvalue weighted by molar-refractivity contribution is 5.70. The van der Waals surface area contributed by atoms with Crippen molar-refractivity contribution in [1.29, 1.82) is 0 Å². The van der Waals surface area contributed by atoms with E-state index < -0.39 is 0 Å². The highest BCUT2D eigenvalue weighted by Gasteiger charge is 1.97. The number of carbonyl (C=O) groups excluding carboxylic acids is 1. The molecule has 0 aliphatic heterocycles. The highest BCUT2D eigenvalue weighted by atomic mass is 16.5. The van der Waals surface area contributed by atoms with Crippen LogP contribution in [0.25, 0.3) is 0 Å². The topological polar surface area (TPSA) is 57.0 Å². The average Bonchev–Trinajstić information content (AvgIpc) is 2.53. The van der Waals surface area contributed by atoms with Gasteiger partial charge in [0.1, 0.15) is 5.69 Å². The van der Waals surface area contributed by atoms with E-state index in [0.29, 0.717) is 31.7 Å². The highest BCUT2D eigenvalue weighted by Crippen LogP contribution is 1.88. The molecule has 0 saturated carbocycles. The normalized spacial score (nSPS) is 10.1. The van der Waals surface area contributed by atoms with Crippen LogP contribution < -0.4 is 0 Å². The smallest absolute Gasteiger partial charge is 0.171 e. The van der Waals surface area contributed by atoms with E-state index in [9.17, 15) is 4.79 Å². The second-order valence-corrected chi connectivity index (χ2v) is 2.22. The molecule has 0 atom stereocenters. The van der Waals surface area contributed by atoms with E-state index in [1.54, 1.807) is 10.9 Å². The van der Waals surface area contributed by atoms with Gasteiger partial charge in [-0.1, -0.05) is 5.21 Å². The molecule has 0 unspecified atom stereocenters. The van der Waals surface area contributed by atoms with Crippen LogP contribution in [0, 0.1) is 0 Å². The third-order valence-corrected chi connectivity index (χ3v) is 1.35. The minimum atomic E-state index is 0.353. The van der Waals surface area contributed by atoms with E-state index in [0.717, 1.165) is 0 Å². The van der Waals surface area contributed by atoms with Crippen LogP contribution in [0.15, 0.2) is 6.20 Å². The molecular weight excluding hydrogens is 158 g/mol. The summed E-state index contributed by atoms with van der Waals surface area (Å²) in [5, 5.41) is 7.32. The molecule has 5 heteroatoms. The number of rotatable bonds is 5. The van der Waals surface area contributed by atoms with Crippen molar-refractivity contribution in [1.82, 2.24) is 15.0 Å². The number of hydrogen-bond acceptors (Lipinski definition) is 4. The van der Waals surface area contributed by atoms with Crippen molar-refractivity contribution in [2.24, 2.45) is 0 Å². The zero-order chi connectivity index (χ0) is 8.81. The largest absolute Gasteiger partial charge is 0.380 e. The van der Waals surface area contributed by atoms with Gasteiger partial charge in [-0.2, -0.15) is 0 Å². The molecule has 0 saturated heterocycles. The Morgan fingerprint density at radius 1 is 1.75 bits per heavy atom. The summed E-state index contributed by atoms with van der Waals surface area (Å²) in [7, 11) is 0. The predicted octanol–water partition coefficient (Wildman–Crippen LogP) is 0.127. The number of aldehydes is 1. The van der Waals surface area contributed by atoms with Crippen LogP contribution in [0.4, 0.5) is 0 Å². The number of hydrogen-bond donors (Lipinski definition) is 0. The van der Waals surface area contributed by atoms with Crippen molar-refractivity contribution in [2.75, 3.05) is 13.2 Å². The minimum Gasteiger partial charge on any atom is -0.380 e. The lowest BCUT2D eigenvalue weighted by Gasteiger charge is -1.98. The van der Waals surface area contributed by atoms with Gasteiger partial charge in [-0.25, -0.2) is 4.68 Å². The van der Waals surface area contributed by atoms with Crippen molar-refractivity contribution >= 4 is 6.29 Å². The Balaban J connectivity index is 2.36. The van der Waals surface area contributed by atoms with Crippen LogP contribution in [0.5, 0.6) is 0 Å².